The van der Waals surface area contributed by atoms with Crippen LogP contribution in [-0.4, -0.2) is 26.6 Å². The molecule has 112 valence electrons. The van der Waals surface area contributed by atoms with Crippen molar-refractivity contribution >= 4 is 17.7 Å². The lowest BCUT2D eigenvalue weighted by Gasteiger charge is -2.13. The van der Waals surface area contributed by atoms with Gasteiger partial charge in [-0.2, -0.15) is 0 Å². The van der Waals surface area contributed by atoms with Crippen LogP contribution in [0.4, 0.5) is 0 Å². The summed E-state index contributed by atoms with van der Waals surface area (Å²) in [5.74, 6) is 0.818. The predicted molar refractivity (Wildman–Crippen MR) is 79.6 cm³/mol. The van der Waals surface area contributed by atoms with Gasteiger partial charge in [-0.05, 0) is 17.9 Å². The molecular weight excluding hydrogens is 290 g/mol. The van der Waals surface area contributed by atoms with Crippen molar-refractivity contribution in [3.63, 3.8) is 0 Å². The minimum absolute atomic E-state index is 0.211. The molecule has 1 aromatic carbocycles. The van der Waals surface area contributed by atoms with Crippen molar-refractivity contribution in [2.45, 2.75) is 18.4 Å². The number of hydroxylamine groups is 1. The Morgan fingerprint density at radius 2 is 2.29 bits per heavy atom. The van der Waals surface area contributed by atoms with Gasteiger partial charge >= 0.3 is 0 Å². The third-order valence-electron chi connectivity index (χ3n) is 2.83. The quantitative estimate of drug-likeness (QED) is 0.486. The van der Waals surface area contributed by atoms with Gasteiger partial charge in [-0.3, -0.25) is 14.7 Å². The van der Waals surface area contributed by atoms with Crippen LogP contribution in [0.15, 0.2) is 35.4 Å². The number of carbonyl (C=O) groups is 1. The molecule has 0 radical (unpaired) electrons. The van der Waals surface area contributed by atoms with E-state index in [1.165, 1.54) is 0 Å². The third-order valence-corrected chi connectivity index (χ3v) is 3.81. The molecule has 2 aromatic rings. The highest BCUT2D eigenvalue weighted by Gasteiger charge is 2.15. The first kappa shape index (κ1) is 15.4. The molecule has 21 heavy (non-hydrogen) atoms. The summed E-state index contributed by atoms with van der Waals surface area (Å²) in [6.07, 6.45) is 1.78. The van der Waals surface area contributed by atoms with Crippen LogP contribution in [-0.2, 0) is 13.7 Å². The number of carbonyl (C=O) groups excluding carboxylic acids is 1. The molecule has 0 atom stereocenters. The highest BCUT2D eigenvalue weighted by molar-refractivity contribution is 7.99. The van der Waals surface area contributed by atoms with Gasteiger partial charge in [0.25, 0.3) is 5.91 Å². The van der Waals surface area contributed by atoms with Crippen LogP contribution < -0.4 is 10.2 Å². The van der Waals surface area contributed by atoms with E-state index < -0.39 is 5.91 Å². The Labute approximate surface area is 127 Å². The molecule has 0 aliphatic heterocycles. The van der Waals surface area contributed by atoms with Crippen LogP contribution in [0.5, 0.6) is 5.88 Å². The van der Waals surface area contributed by atoms with E-state index >= 15 is 0 Å². The van der Waals surface area contributed by atoms with E-state index in [9.17, 15) is 4.79 Å². The number of aromatic nitrogens is 2. The fourth-order valence-corrected chi connectivity index (χ4v) is 2.72. The predicted octanol–water partition coefficient (Wildman–Crippen LogP) is 2.23. The van der Waals surface area contributed by atoms with E-state index in [1.54, 1.807) is 53.4 Å². The average molecular weight is 307 g/mol. The summed E-state index contributed by atoms with van der Waals surface area (Å²) in [5.41, 5.74) is 2.80. The molecule has 0 fully saturated rings. The molecule has 2 rings (SSSR count). The number of hydrogen-bond donors (Lipinski definition) is 2. The zero-order valence-electron chi connectivity index (χ0n) is 11.9. The van der Waals surface area contributed by atoms with Crippen LogP contribution in [0.2, 0.25) is 0 Å². The number of benzene rings is 1. The first-order valence-corrected chi connectivity index (χ1v) is 7.45. The zero-order chi connectivity index (χ0) is 15.2. The largest absolute Gasteiger partial charge is 0.472 e. The summed E-state index contributed by atoms with van der Waals surface area (Å²) in [6.45, 7) is 2.25. The summed E-state index contributed by atoms with van der Waals surface area (Å²) < 4.78 is 7.27. The molecule has 0 aliphatic rings. The van der Waals surface area contributed by atoms with Gasteiger partial charge in [0.05, 0.1) is 0 Å². The van der Waals surface area contributed by atoms with E-state index in [0.29, 0.717) is 11.4 Å². The topological polar surface area (TPSA) is 76.4 Å². The number of rotatable bonds is 6. The summed E-state index contributed by atoms with van der Waals surface area (Å²) >= 11 is 1.62. The molecule has 0 saturated carbocycles. The average Bonchev–Trinajstić information content (AvgIpc) is 2.91. The van der Waals surface area contributed by atoms with Crippen molar-refractivity contribution in [2.24, 2.45) is 7.05 Å². The molecule has 1 amide bonds. The minimum Gasteiger partial charge on any atom is -0.472 e. The van der Waals surface area contributed by atoms with E-state index in [0.717, 1.165) is 16.2 Å². The number of aryl methyl sites for hydroxylation is 1. The van der Waals surface area contributed by atoms with Gasteiger partial charge in [0, 0.05) is 35.3 Å². The Kier molecular flexibility index (Phi) is 5.24. The summed E-state index contributed by atoms with van der Waals surface area (Å²) in [7, 11) is 1.80. The Bertz CT molecular complexity index is 628. The minimum atomic E-state index is -0.548. The van der Waals surface area contributed by atoms with E-state index in [-0.39, 0.29) is 6.61 Å². The molecule has 0 bridgehead atoms. The van der Waals surface area contributed by atoms with Crippen LogP contribution in [0.3, 0.4) is 0 Å². The highest BCUT2D eigenvalue weighted by atomic mass is 32.2. The van der Waals surface area contributed by atoms with E-state index in [2.05, 4.69) is 5.10 Å². The van der Waals surface area contributed by atoms with Crippen LogP contribution >= 0.6 is 11.8 Å². The molecule has 1 aromatic heterocycles. The van der Waals surface area contributed by atoms with Crippen LogP contribution in [0.25, 0.3) is 0 Å². The van der Waals surface area contributed by atoms with Crippen molar-refractivity contribution in [3.8, 4) is 5.88 Å². The van der Waals surface area contributed by atoms with E-state index in [1.807, 2.05) is 13.0 Å². The Morgan fingerprint density at radius 3 is 2.90 bits per heavy atom. The number of amides is 1. The summed E-state index contributed by atoms with van der Waals surface area (Å²) in [6, 6.07) is 7.12. The number of ether oxygens (including phenoxy) is 1. The monoisotopic (exact) mass is 307 g/mol. The summed E-state index contributed by atoms with van der Waals surface area (Å²) in [4.78, 5) is 12.7. The van der Waals surface area contributed by atoms with Gasteiger partial charge in [0.1, 0.15) is 6.61 Å². The van der Waals surface area contributed by atoms with Gasteiger partial charge in [0.15, 0.2) is 0 Å². The lowest BCUT2D eigenvalue weighted by molar-refractivity contribution is 0.0703. The van der Waals surface area contributed by atoms with Crippen molar-refractivity contribution in [2.75, 3.05) is 5.75 Å². The number of thioether (sulfide) groups is 1. The van der Waals surface area contributed by atoms with Gasteiger partial charge in [-0.15, -0.1) is 16.9 Å². The van der Waals surface area contributed by atoms with Crippen molar-refractivity contribution in [1.82, 2.24) is 15.3 Å². The zero-order valence-corrected chi connectivity index (χ0v) is 12.7. The van der Waals surface area contributed by atoms with Gasteiger partial charge in [-0.1, -0.05) is 13.0 Å². The number of hydrogen-bond acceptors (Lipinski definition) is 5. The van der Waals surface area contributed by atoms with E-state index in [4.69, 9.17) is 9.94 Å². The second-order valence-corrected chi connectivity index (χ2v) is 5.58. The Morgan fingerprint density at radius 1 is 1.48 bits per heavy atom. The fraction of sp³-hybridized carbons (Fsp3) is 0.286. The molecule has 0 saturated heterocycles. The maximum atomic E-state index is 11.8. The SMILES string of the molecule is CCSc1cccc(C(=O)NO)c1COc1ccn(C)n1. The Balaban J connectivity index is 2.27. The first-order valence-electron chi connectivity index (χ1n) is 6.47. The molecule has 0 spiro atoms. The van der Waals surface area contributed by atoms with Crippen molar-refractivity contribution in [3.05, 3.63) is 41.6 Å². The molecule has 0 unspecified atom stereocenters. The second-order valence-electron chi connectivity index (χ2n) is 4.27. The van der Waals surface area contributed by atoms with Gasteiger partial charge in [0.2, 0.25) is 5.88 Å². The van der Waals surface area contributed by atoms with Gasteiger partial charge in [-0.25, -0.2) is 5.48 Å². The summed E-state index contributed by atoms with van der Waals surface area (Å²) in [5, 5.41) is 13.0. The second kappa shape index (κ2) is 7.14. The standard InChI is InChI=1S/C14H17N3O3S/c1-3-21-12-6-4-5-10(14(18)16-19)11(12)9-20-13-7-8-17(2)15-13/h4-8,19H,3,9H2,1-2H3,(H,16,18). The molecule has 1 heterocycles. The van der Waals surface area contributed by atoms with Gasteiger partial charge < -0.3 is 4.74 Å². The number of nitrogens with one attached hydrogen (secondary N) is 1. The first-order chi connectivity index (χ1) is 10.2. The van der Waals surface area contributed by atoms with Crippen LogP contribution in [0.1, 0.15) is 22.8 Å². The van der Waals surface area contributed by atoms with Crippen molar-refractivity contribution in [1.29, 1.82) is 0 Å². The maximum Gasteiger partial charge on any atom is 0.275 e. The normalized spacial score (nSPS) is 10.4. The molecule has 7 heteroatoms. The van der Waals surface area contributed by atoms with Crippen molar-refractivity contribution < 1.29 is 14.7 Å². The lowest BCUT2D eigenvalue weighted by atomic mass is 10.1. The Hall–Kier alpha value is -1.99. The molecular formula is C14H17N3O3S. The smallest absolute Gasteiger partial charge is 0.275 e. The highest BCUT2D eigenvalue weighted by Crippen LogP contribution is 2.26. The fourth-order valence-electron chi connectivity index (χ4n) is 1.90. The molecule has 2 N–H and O–H groups in total. The third kappa shape index (κ3) is 3.77. The maximum absolute atomic E-state index is 11.8. The number of nitrogens with zero attached hydrogens (tertiary/aromatic N) is 2. The van der Waals surface area contributed by atoms with Crippen LogP contribution in [0, 0.1) is 0 Å². The molecule has 6 nitrogen and oxygen atoms in total. The molecule has 0 aliphatic carbocycles. The lowest BCUT2D eigenvalue weighted by Crippen LogP contribution is -2.21.